The fourth-order valence-corrected chi connectivity index (χ4v) is 4.03. The van der Waals surface area contributed by atoms with Crippen molar-refractivity contribution >= 4 is 17.3 Å². The SMILES string of the molecule is CCOC(=O)[C@@H]1C(C)(C)[C@@]12C=C(C(C)=O)c1ccccc12. The fourth-order valence-electron chi connectivity index (χ4n) is 4.03. The summed E-state index contributed by atoms with van der Waals surface area (Å²) in [6.45, 7) is 7.93. The quantitative estimate of drug-likeness (QED) is 0.801. The summed E-state index contributed by atoms with van der Waals surface area (Å²) in [6.07, 6.45) is 2.00. The molecule has 0 radical (unpaired) electrons. The Morgan fingerprint density at radius 1 is 1.24 bits per heavy atom. The second-order valence-electron chi connectivity index (χ2n) is 6.44. The summed E-state index contributed by atoms with van der Waals surface area (Å²) in [5, 5.41) is 0. The molecule has 21 heavy (non-hydrogen) atoms. The van der Waals surface area contributed by atoms with Gasteiger partial charge in [0.05, 0.1) is 12.5 Å². The maximum Gasteiger partial charge on any atom is 0.310 e. The van der Waals surface area contributed by atoms with E-state index in [1.54, 1.807) is 6.92 Å². The van der Waals surface area contributed by atoms with Gasteiger partial charge in [-0.3, -0.25) is 9.59 Å². The molecular weight excluding hydrogens is 264 g/mol. The van der Waals surface area contributed by atoms with Crippen molar-refractivity contribution in [2.24, 2.45) is 11.3 Å². The fraction of sp³-hybridized carbons (Fsp3) is 0.444. The van der Waals surface area contributed by atoms with Crippen LogP contribution in [0, 0.1) is 11.3 Å². The first-order chi connectivity index (χ1) is 9.88. The van der Waals surface area contributed by atoms with Crippen molar-refractivity contribution in [2.75, 3.05) is 6.61 Å². The molecule has 0 heterocycles. The zero-order chi connectivity index (χ0) is 15.4. The van der Waals surface area contributed by atoms with E-state index in [2.05, 4.69) is 13.8 Å². The summed E-state index contributed by atoms with van der Waals surface area (Å²) < 4.78 is 5.25. The smallest absolute Gasteiger partial charge is 0.310 e. The first kappa shape index (κ1) is 14.1. The Hall–Kier alpha value is -1.90. The van der Waals surface area contributed by atoms with Crippen LogP contribution in [0.1, 0.15) is 38.8 Å². The predicted octanol–water partition coefficient (Wildman–Crippen LogP) is 3.13. The van der Waals surface area contributed by atoms with Crippen LogP contribution in [0.5, 0.6) is 0 Å². The number of fused-ring (bicyclic) bond motifs is 2. The molecule has 2 aliphatic rings. The molecule has 1 aromatic carbocycles. The summed E-state index contributed by atoms with van der Waals surface area (Å²) in [5.41, 5.74) is 2.15. The van der Waals surface area contributed by atoms with E-state index in [4.69, 9.17) is 4.74 Å². The van der Waals surface area contributed by atoms with Gasteiger partial charge in [0.1, 0.15) is 0 Å². The number of carbonyl (C=O) groups is 2. The average Bonchev–Trinajstić information content (AvgIpc) is 2.75. The molecule has 0 saturated heterocycles. The lowest BCUT2D eigenvalue weighted by atomic mass is 9.90. The molecule has 0 N–H and O–H groups in total. The standard InChI is InChI=1S/C18H20O3/c1-5-21-16(20)15-17(3,4)18(15)10-13(11(2)19)12-8-6-7-9-14(12)18/h6-10,15H,5H2,1-4H3/t15-,18-/m1/s1. The maximum atomic E-state index is 12.3. The summed E-state index contributed by atoms with van der Waals surface area (Å²) in [6, 6.07) is 7.90. The van der Waals surface area contributed by atoms with Crippen LogP contribution in [0.25, 0.3) is 5.57 Å². The van der Waals surface area contributed by atoms with E-state index in [-0.39, 0.29) is 23.1 Å². The highest BCUT2D eigenvalue weighted by Gasteiger charge is 2.76. The van der Waals surface area contributed by atoms with Gasteiger partial charge < -0.3 is 4.74 Å². The van der Waals surface area contributed by atoms with Crippen LogP contribution in [0.4, 0.5) is 0 Å². The van der Waals surface area contributed by atoms with Gasteiger partial charge in [-0.05, 0) is 30.4 Å². The van der Waals surface area contributed by atoms with E-state index in [1.807, 2.05) is 37.3 Å². The molecule has 0 amide bonds. The van der Waals surface area contributed by atoms with E-state index >= 15 is 0 Å². The Labute approximate surface area is 125 Å². The molecule has 1 spiro atoms. The van der Waals surface area contributed by atoms with E-state index in [0.717, 1.165) is 16.7 Å². The van der Waals surface area contributed by atoms with E-state index in [1.165, 1.54) is 0 Å². The van der Waals surface area contributed by atoms with E-state index < -0.39 is 5.41 Å². The highest BCUT2D eigenvalue weighted by Crippen LogP contribution is 2.73. The van der Waals surface area contributed by atoms with E-state index in [9.17, 15) is 9.59 Å². The topological polar surface area (TPSA) is 43.4 Å². The molecule has 0 unspecified atom stereocenters. The zero-order valence-corrected chi connectivity index (χ0v) is 12.9. The Morgan fingerprint density at radius 3 is 2.52 bits per heavy atom. The molecule has 3 nitrogen and oxygen atoms in total. The van der Waals surface area contributed by atoms with Gasteiger partial charge in [0.2, 0.25) is 0 Å². The Kier molecular flexibility index (Phi) is 2.88. The lowest BCUT2D eigenvalue weighted by Gasteiger charge is -2.13. The minimum atomic E-state index is -0.392. The zero-order valence-electron chi connectivity index (χ0n) is 12.9. The van der Waals surface area contributed by atoms with Crippen molar-refractivity contribution < 1.29 is 14.3 Å². The highest BCUT2D eigenvalue weighted by atomic mass is 16.5. The minimum absolute atomic E-state index is 0.0460. The van der Waals surface area contributed by atoms with Crippen LogP contribution in [0.15, 0.2) is 30.3 Å². The number of allylic oxidation sites excluding steroid dienone is 2. The third kappa shape index (κ3) is 1.60. The van der Waals surface area contributed by atoms with Gasteiger partial charge in [-0.25, -0.2) is 0 Å². The van der Waals surface area contributed by atoms with Crippen molar-refractivity contribution in [3.05, 3.63) is 41.5 Å². The number of carbonyl (C=O) groups excluding carboxylic acids is 2. The molecular formula is C18H20O3. The van der Waals surface area contributed by atoms with Crippen LogP contribution < -0.4 is 0 Å². The monoisotopic (exact) mass is 284 g/mol. The Balaban J connectivity index is 2.15. The summed E-state index contributed by atoms with van der Waals surface area (Å²) >= 11 is 0. The molecule has 0 aliphatic heterocycles. The van der Waals surface area contributed by atoms with Crippen molar-refractivity contribution in [3.63, 3.8) is 0 Å². The predicted molar refractivity (Wildman–Crippen MR) is 80.7 cm³/mol. The lowest BCUT2D eigenvalue weighted by molar-refractivity contribution is -0.145. The number of esters is 1. The summed E-state index contributed by atoms with van der Waals surface area (Å²) in [7, 11) is 0. The molecule has 1 aromatic rings. The van der Waals surface area contributed by atoms with Gasteiger partial charge in [-0.2, -0.15) is 0 Å². The van der Waals surface area contributed by atoms with Gasteiger partial charge >= 0.3 is 5.97 Å². The van der Waals surface area contributed by atoms with Crippen LogP contribution in [-0.2, 0) is 19.7 Å². The molecule has 0 aromatic heterocycles. The molecule has 110 valence electrons. The largest absolute Gasteiger partial charge is 0.466 e. The first-order valence-corrected chi connectivity index (χ1v) is 7.38. The molecule has 1 saturated carbocycles. The van der Waals surface area contributed by atoms with Gasteiger partial charge in [0.25, 0.3) is 0 Å². The number of ketones is 1. The molecule has 3 rings (SSSR count). The highest BCUT2D eigenvalue weighted by molar-refractivity contribution is 6.22. The van der Waals surface area contributed by atoms with E-state index in [0.29, 0.717) is 6.61 Å². The number of rotatable bonds is 3. The van der Waals surface area contributed by atoms with Crippen molar-refractivity contribution in [1.29, 1.82) is 0 Å². The second-order valence-corrected chi connectivity index (χ2v) is 6.44. The number of Topliss-reactive ketones (excluding diaryl/α,β-unsaturated/α-hetero) is 1. The maximum absolute atomic E-state index is 12.3. The molecule has 0 bridgehead atoms. The van der Waals surface area contributed by atoms with Crippen LogP contribution in [0.3, 0.4) is 0 Å². The summed E-state index contributed by atoms with van der Waals surface area (Å²) in [4.78, 5) is 24.3. The lowest BCUT2D eigenvalue weighted by Crippen LogP contribution is -2.14. The molecule has 1 fully saturated rings. The molecule has 2 atom stereocenters. The van der Waals surface area contributed by atoms with Crippen LogP contribution in [0.2, 0.25) is 0 Å². The normalized spacial score (nSPS) is 28.0. The first-order valence-electron chi connectivity index (χ1n) is 7.38. The van der Waals surface area contributed by atoms with Gasteiger partial charge in [0.15, 0.2) is 5.78 Å². The van der Waals surface area contributed by atoms with Gasteiger partial charge in [0, 0.05) is 11.0 Å². The number of ether oxygens (including phenoxy) is 1. The number of hydrogen-bond acceptors (Lipinski definition) is 3. The number of hydrogen-bond donors (Lipinski definition) is 0. The Bertz CT molecular complexity index is 669. The van der Waals surface area contributed by atoms with Gasteiger partial charge in [-0.15, -0.1) is 0 Å². The third-order valence-electron chi connectivity index (χ3n) is 5.10. The van der Waals surface area contributed by atoms with Crippen molar-refractivity contribution in [2.45, 2.75) is 33.1 Å². The minimum Gasteiger partial charge on any atom is -0.466 e. The van der Waals surface area contributed by atoms with Crippen molar-refractivity contribution in [3.8, 4) is 0 Å². The summed E-state index contributed by atoms with van der Waals surface area (Å²) in [5.74, 6) is -0.342. The van der Waals surface area contributed by atoms with Gasteiger partial charge in [-0.1, -0.05) is 44.2 Å². The molecule has 2 aliphatic carbocycles. The van der Waals surface area contributed by atoms with Crippen LogP contribution >= 0.6 is 0 Å². The number of benzene rings is 1. The third-order valence-corrected chi connectivity index (χ3v) is 5.10. The Morgan fingerprint density at radius 2 is 1.90 bits per heavy atom. The van der Waals surface area contributed by atoms with Crippen molar-refractivity contribution in [1.82, 2.24) is 0 Å². The van der Waals surface area contributed by atoms with Crippen LogP contribution in [-0.4, -0.2) is 18.4 Å². The second kappa shape index (κ2) is 4.30. The molecule has 3 heteroatoms. The average molecular weight is 284 g/mol.